The van der Waals surface area contributed by atoms with Gasteiger partial charge in [0.1, 0.15) is 0 Å². The van der Waals surface area contributed by atoms with Crippen molar-refractivity contribution in [3.63, 3.8) is 0 Å². The third-order valence-corrected chi connectivity index (χ3v) is 1.66. The number of ether oxygens (including phenoxy) is 1. The van der Waals surface area contributed by atoms with Crippen molar-refractivity contribution < 1.29 is 9.84 Å². The Labute approximate surface area is 91.1 Å². The first kappa shape index (κ1) is 13.9. The van der Waals surface area contributed by atoms with Crippen LogP contribution < -0.4 is 5.73 Å². The average molecular weight is 212 g/mol. The van der Waals surface area contributed by atoms with Gasteiger partial charge in [0.05, 0.1) is 18.5 Å². The van der Waals surface area contributed by atoms with E-state index < -0.39 is 5.79 Å². The Morgan fingerprint density at radius 3 is 2.60 bits per heavy atom. The third-order valence-electron chi connectivity index (χ3n) is 1.66. The Morgan fingerprint density at radius 1 is 1.47 bits per heavy atom. The summed E-state index contributed by atoms with van der Waals surface area (Å²) in [5.41, 5.74) is 7.05. The summed E-state index contributed by atoms with van der Waals surface area (Å²) in [4.78, 5) is 4.11. The lowest BCUT2D eigenvalue weighted by molar-refractivity contribution is -0.175. The molecule has 0 saturated heterocycles. The van der Waals surface area contributed by atoms with Gasteiger partial charge in [-0.05, 0) is 26.0 Å². The van der Waals surface area contributed by atoms with Crippen LogP contribution in [0.2, 0.25) is 0 Å². The molecule has 15 heavy (non-hydrogen) atoms. The summed E-state index contributed by atoms with van der Waals surface area (Å²) in [7, 11) is 0. The smallest absolute Gasteiger partial charge is 0.159 e. The van der Waals surface area contributed by atoms with Crippen LogP contribution in [0, 0.1) is 0 Å². The van der Waals surface area contributed by atoms with Gasteiger partial charge in [0.15, 0.2) is 5.79 Å². The molecule has 0 saturated carbocycles. The summed E-state index contributed by atoms with van der Waals surface area (Å²) in [6.45, 7) is 3.65. The highest BCUT2D eigenvalue weighted by Gasteiger charge is 2.11. The second-order valence-electron chi connectivity index (χ2n) is 3.63. The van der Waals surface area contributed by atoms with E-state index in [1.54, 1.807) is 26.1 Å². The normalized spacial score (nSPS) is 10.9. The van der Waals surface area contributed by atoms with Gasteiger partial charge in [-0.3, -0.25) is 4.98 Å². The number of pyridine rings is 1. The lowest BCUT2D eigenvalue weighted by atomic mass is 10.2. The Kier molecular flexibility index (Phi) is 5.25. The third kappa shape index (κ3) is 6.04. The number of anilines is 1. The van der Waals surface area contributed by atoms with Crippen LogP contribution in [0.5, 0.6) is 0 Å². The van der Waals surface area contributed by atoms with Crippen molar-refractivity contribution in [3.8, 4) is 0 Å². The molecule has 0 bridgehead atoms. The summed E-state index contributed by atoms with van der Waals surface area (Å²) in [6.07, 6.45) is 2.28. The van der Waals surface area contributed by atoms with Crippen molar-refractivity contribution in [2.75, 3.05) is 12.3 Å². The SMILES string of the molecule is C.CC(C)(O)OCCc1ccc(N)cn1. The van der Waals surface area contributed by atoms with Gasteiger partial charge in [-0.25, -0.2) is 0 Å². The van der Waals surface area contributed by atoms with Gasteiger partial charge in [-0.2, -0.15) is 0 Å². The van der Waals surface area contributed by atoms with E-state index in [4.69, 9.17) is 10.5 Å². The molecule has 0 aromatic carbocycles. The van der Waals surface area contributed by atoms with Gasteiger partial charge in [0.2, 0.25) is 0 Å². The Hall–Kier alpha value is -1.13. The molecule has 1 heterocycles. The van der Waals surface area contributed by atoms with Crippen LogP contribution in [0.4, 0.5) is 5.69 Å². The second-order valence-corrected chi connectivity index (χ2v) is 3.63. The highest BCUT2D eigenvalue weighted by atomic mass is 16.6. The molecule has 0 atom stereocenters. The van der Waals surface area contributed by atoms with E-state index in [1.165, 1.54) is 0 Å². The molecule has 0 spiro atoms. The van der Waals surface area contributed by atoms with E-state index in [0.717, 1.165) is 5.69 Å². The number of nitrogen functional groups attached to an aromatic ring is 1. The molecule has 1 aromatic rings. The van der Waals surface area contributed by atoms with Crippen LogP contribution >= 0.6 is 0 Å². The molecule has 1 rings (SSSR count). The first-order chi connectivity index (χ1) is 6.47. The standard InChI is InChI=1S/C10H16N2O2.CH4/c1-10(2,13)14-6-5-9-4-3-8(11)7-12-9;/h3-4,7,13H,5-6,11H2,1-2H3;1H4. The summed E-state index contributed by atoms with van der Waals surface area (Å²) in [5.74, 6) is -1.08. The Balaban J connectivity index is 0.00000196. The fraction of sp³-hybridized carbons (Fsp3) is 0.545. The van der Waals surface area contributed by atoms with Crippen LogP contribution in [0.25, 0.3) is 0 Å². The molecule has 86 valence electrons. The lowest BCUT2D eigenvalue weighted by Gasteiger charge is -2.17. The molecule has 0 aliphatic carbocycles. The minimum absolute atomic E-state index is 0. The van der Waals surface area contributed by atoms with Gasteiger partial charge in [0.25, 0.3) is 0 Å². The van der Waals surface area contributed by atoms with E-state index in [1.807, 2.05) is 6.07 Å². The molecule has 0 aliphatic heterocycles. The molecule has 0 unspecified atom stereocenters. The minimum atomic E-state index is -1.08. The van der Waals surface area contributed by atoms with Crippen molar-refractivity contribution in [1.29, 1.82) is 0 Å². The fourth-order valence-corrected chi connectivity index (χ4v) is 0.989. The molecular formula is C11H20N2O2. The van der Waals surface area contributed by atoms with Crippen LogP contribution in [0.1, 0.15) is 27.0 Å². The molecule has 1 aromatic heterocycles. The van der Waals surface area contributed by atoms with Gasteiger partial charge in [-0.15, -0.1) is 0 Å². The first-order valence-corrected chi connectivity index (χ1v) is 4.54. The van der Waals surface area contributed by atoms with Crippen molar-refractivity contribution in [3.05, 3.63) is 24.0 Å². The molecular weight excluding hydrogens is 192 g/mol. The summed E-state index contributed by atoms with van der Waals surface area (Å²) < 4.78 is 5.15. The fourth-order valence-electron chi connectivity index (χ4n) is 0.989. The predicted octanol–water partition coefficient (Wildman–Crippen LogP) is 1.59. The predicted molar refractivity (Wildman–Crippen MR) is 61.3 cm³/mol. The number of nitrogens with two attached hydrogens (primary N) is 1. The Morgan fingerprint density at radius 2 is 2.13 bits per heavy atom. The van der Waals surface area contributed by atoms with Crippen LogP contribution in [0.15, 0.2) is 18.3 Å². The zero-order chi connectivity index (χ0) is 10.6. The largest absolute Gasteiger partial charge is 0.397 e. The van der Waals surface area contributed by atoms with E-state index in [-0.39, 0.29) is 7.43 Å². The van der Waals surface area contributed by atoms with E-state index in [9.17, 15) is 5.11 Å². The number of hydrogen-bond acceptors (Lipinski definition) is 4. The summed E-state index contributed by atoms with van der Waals surface area (Å²) in [6, 6.07) is 3.65. The highest BCUT2D eigenvalue weighted by Crippen LogP contribution is 2.06. The van der Waals surface area contributed by atoms with Crippen LogP contribution in [-0.2, 0) is 11.2 Å². The summed E-state index contributed by atoms with van der Waals surface area (Å²) in [5, 5.41) is 9.28. The van der Waals surface area contributed by atoms with Gasteiger partial charge in [0, 0.05) is 12.1 Å². The van der Waals surface area contributed by atoms with Crippen molar-refractivity contribution in [2.45, 2.75) is 33.5 Å². The molecule has 4 heteroatoms. The minimum Gasteiger partial charge on any atom is -0.397 e. The number of aliphatic hydroxyl groups is 1. The zero-order valence-corrected chi connectivity index (χ0v) is 8.53. The number of aromatic nitrogens is 1. The number of hydrogen-bond donors (Lipinski definition) is 2. The van der Waals surface area contributed by atoms with Gasteiger partial charge < -0.3 is 15.6 Å². The van der Waals surface area contributed by atoms with E-state index in [2.05, 4.69) is 4.98 Å². The van der Waals surface area contributed by atoms with Crippen molar-refractivity contribution >= 4 is 5.69 Å². The van der Waals surface area contributed by atoms with Crippen LogP contribution in [-0.4, -0.2) is 22.5 Å². The maximum Gasteiger partial charge on any atom is 0.159 e. The molecule has 0 amide bonds. The maximum absolute atomic E-state index is 9.28. The van der Waals surface area contributed by atoms with Gasteiger partial charge >= 0.3 is 0 Å². The monoisotopic (exact) mass is 212 g/mol. The molecule has 0 aliphatic rings. The maximum atomic E-state index is 9.28. The van der Waals surface area contributed by atoms with Gasteiger partial charge in [-0.1, -0.05) is 7.43 Å². The van der Waals surface area contributed by atoms with E-state index >= 15 is 0 Å². The Bertz CT molecular complexity index is 278. The van der Waals surface area contributed by atoms with Crippen molar-refractivity contribution in [1.82, 2.24) is 4.98 Å². The first-order valence-electron chi connectivity index (χ1n) is 4.54. The molecule has 0 fully saturated rings. The van der Waals surface area contributed by atoms with E-state index in [0.29, 0.717) is 18.7 Å². The molecule has 4 nitrogen and oxygen atoms in total. The topological polar surface area (TPSA) is 68.4 Å². The summed E-state index contributed by atoms with van der Waals surface area (Å²) >= 11 is 0. The second kappa shape index (κ2) is 5.68. The quantitative estimate of drug-likeness (QED) is 0.744. The lowest BCUT2D eigenvalue weighted by Crippen LogP contribution is -2.24. The zero-order valence-electron chi connectivity index (χ0n) is 8.53. The van der Waals surface area contributed by atoms with Crippen LogP contribution in [0.3, 0.4) is 0 Å². The van der Waals surface area contributed by atoms with Crippen molar-refractivity contribution in [2.24, 2.45) is 0 Å². The number of rotatable bonds is 4. The molecule has 3 N–H and O–H groups in total. The molecule has 0 radical (unpaired) electrons. The highest BCUT2D eigenvalue weighted by molar-refractivity contribution is 5.34. The average Bonchev–Trinajstić information content (AvgIpc) is 2.06. The number of nitrogens with zero attached hydrogens (tertiary/aromatic N) is 1.